The molecule has 0 bridgehead atoms. The van der Waals surface area contributed by atoms with Gasteiger partial charge in [0.05, 0.1) is 0 Å². The van der Waals surface area contributed by atoms with Gasteiger partial charge in [-0.15, -0.1) is 0 Å². The largest absolute Gasteiger partial charge is 0.508 e. The Balaban J connectivity index is 2.54. The van der Waals surface area contributed by atoms with Crippen molar-refractivity contribution in [2.45, 2.75) is 117 Å². The smallest absolute Gasteiger partial charge is 0.134 e. The van der Waals surface area contributed by atoms with Gasteiger partial charge in [-0.3, -0.25) is 4.79 Å². The zero-order valence-corrected chi connectivity index (χ0v) is 22.7. The Morgan fingerprint density at radius 3 is 1.56 bits per heavy atom. The molecule has 2 N–H and O–H groups in total. The molecule has 3 heteroatoms. The minimum absolute atomic E-state index is 0.226. The van der Waals surface area contributed by atoms with Crippen LogP contribution in [0.15, 0.2) is 36.4 Å². The van der Waals surface area contributed by atoms with Crippen LogP contribution in [0, 0.1) is 0 Å². The van der Waals surface area contributed by atoms with Crippen molar-refractivity contribution >= 4 is 5.78 Å². The van der Waals surface area contributed by atoms with Crippen LogP contribution in [-0.2, 0) is 21.0 Å². The third kappa shape index (κ3) is 6.87. The van der Waals surface area contributed by atoms with Gasteiger partial charge in [0.1, 0.15) is 17.3 Å². The number of rotatable bonds is 10. The molecule has 34 heavy (non-hydrogen) atoms. The maximum atomic E-state index is 13.2. The summed E-state index contributed by atoms with van der Waals surface area (Å²) in [5, 5.41) is 21.1. The molecule has 0 saturated heterocycles. The van der Waals surface area contributed by atoms with Gasteiger partial charge in [0.15, 0.2) is 0 Å². The second-order valence-electron chi connectivity index (χ2n) is 12.2. The van der Waals surface area contributed by atoms with E-state index in [1.54, 1.807) is 12.1 Å². The summed E-state index contributed by atoms with van der Waals surface area (Å²) in [4.78, 5) is 13.2. The first-order valence-electron chi connectivity index (χ1n) is 12.9. The first-order chi connectivity index (χ1) is 15.7. The van der Waals surface area contributed by atoms with Crippen molar-refractivity contribution in [1.29, 1.82) is 0 Å². The first kappa shape index (κ1) is 28.0. The van der Waals surface area contributed by atoms with E-state index in [9.17, 15) is 15.0 Å². The van der Waals surface area contributed by atoms with E-state index in [1.165, 1.54) is 19.3 Å². The molecule has 0 unspecified atom stereocenters. The molecule has 0 aromatic heterocycles. The summed E-state index contributed by atoms with van der Waals surface area (Å²) in [5.41, 5.74) is 2.75. The van der Waals surface area contributed by atoms with E-state index in [1.807, 2.05) is 12.1 Å². The van der Waals surface area contributed by atoms with Crippen molar-refractivity contribution in [3.8, 4) is 11.5 Å². The Morgan fingerprint density at radius 1 is 0.706 bits per heavy atom. The van der Waals surface area contributed by atoms with E-state index in [0.717, 1.165) is 35.1 Å². The van der Waals surface area contributed by atoms with Crippen LogP contribution in [-0.4, -0.2) is 16.0 Å². The molecule has 188 valence electrons. The highest BCUT2D eigenvalue weighted by Gasteiger charge is 2.34. The van der Waals surface area contributed by atoms with Gasteiger partial charge < -0.3 is 10.2 Å². The molecule has 0 amide bonds. The number of carbonyl (C=O) groups excluding carboxylic acids is 1. The van der Waals surface area contributed by atoms with Crippen LogP contribution >= 0.6 is 0 Å². The lowest BCUT2D eigenvalue weighted by Gasteiger charge is -2.34. The van der Waals surface area contributed by atoms with Gasteiger partial charge in [-0.2, -0.15) is 0 Å². The lowest BCUT2D eigenvalue weighted by atomic mass is 9.69. The molecule has 0 aliphatic carbocycles. The summed E-state index contributed by atoms with van der Waals surface area (Å²) in [6.07, 6.45) is 6.60. The van der Waals surface area contributed by atoms with Gasteiger partial charge >= 0.3 is 0 Å². The Labute approximate surface area is 207 Å². The molecular formula is C31H46O3. The highest BCUT2D eigenvalue weighted by molar-refractivity contribution is 5.81. The van der Waals surface area contributed by atoms with Crippen LogP contribution in [0.1, 0.15) is 123 Å². The number of aromatic hydroxyl groups is 2. The molecule has 0 saturated carbocycles. The molecule has 0 atom stereocenters. The second-order valence-corrected chi connectivity index (χ2v) is 12.2. The number of phenols is 2. The fourth-order valence-corrected chi connectivity index (χ4v) is 4.74. The highest BCUT2D eigenvalue weighted by atomic mass is 16.3. The Bertz CT molecular complexity index is 910. The average molecular weight is 467 g/mol. The summed E-state index contributed by atoms with van der Waals surface area (Å²) in [7, 11) is 0. The lowest BCUT2D eigenvalue weighted by molar-refractivity contribution is -0.120. The number of Topliss-reactive ketones (excluding diaryl/α,β-unsaturated/α-hetero) is 1. The molecule has 0 spiro atoms. The molecule has 0 fully saturated rings. The zero-order valence-electron chi connectivity index (χ0n) is 22.7. The Morgan fingerprint density at radius 2 is 1.15 bits per heavy atom. The van der Waals surface area contributed by atoms with E-state index in [-0.39, 0.29) is 28.1 Å². The fourth-order valence-electron chi connectivity index (χ4n) is 4.74. The van der Waals surface area contributed by atoms with Gasteiger partial charge in [0, 0.05) is 18.3 Å². The topological polar surface area (TPSA) is 57.5 Å². The first-order valence-corrected chi connectivity index (χ1v) is 12.9. The quantitative estimate of drug-likeness (QED) is 0.346. The van der Waals surface area contributed by atoms with Crippen molar-refractivity contribution in [2.24, 2.45) is 0 Å². The van der Waals surface area contributed by atoms with E-state index in [2.05, 4.69) is 67.5 Å². The van der Waals surface area contributed by atoms with Crippen molar-refractivity contribution < 1.29 is 15.0 Å². The minimum atomic E-state index is -0.568. The van der Waals surface area contributed by atoms with Crippen molar-refractivity contribution in [1.82, 2.24) is 0 Å². The number of ketones is 1. The van der Waals surface area contributed by atoms with Gasteiger partial charge in [0.2, 0.25) is 0 Å². The van der Waals surface area contributed by atoms with E-state index < -0.39 is 5.41 Å². The van der Waals surface area contributed by atoms with Crippen LogP contribution in [0.5, 0.6) is 11.5 Å². The summed E-state index contributed by atoms with van der Waals surface area (Å²) < 4.78 is 0. The molecular weight excluding hydrogens is 420 g/mol. The third-order valence-corrected chi connectivity index (χ3v) is 6.99. The zero-order chi connectivity index (χ0) is 25.7. The Kier molecular flexibility index (Phi) is 9.02. The molecule has 2 aromatic rings. The Hall–Kier alpha value is -2.29. The van der Waals surface area contributed by atoms with Crippen LogP contribution in [0.25, 0.3) is 0 Å². The van der Waals surface area contributed by atoms with Gasteiger partial charge in [0.25, 0.3) is 0 Å². The van der Waals surface area contributed by atoms with Crippen LogP contribution < -0.4 is 0 Å². The molecule has 3 nitrogen and oxygen atoms in total. The predicted octanol–water partition coefficient (Wildman–Crippen LogP) is 8.32. The molecule has 0 aliphatic rings. The van der Waals surface area contributed by atoms with E-state index >= 15 is 0 Å². The highest BCUT2D eigenvalue weighted by Crippen LogP contribution is 2.43. The lowest BCUT2D eigenvalue weighted by Crippen LogP contribution is -2.29. The van der Waals surface area contributed by atoms with Crippen molar-refractivity contribution in [3.63, 3.8) is 0 Å². The van der Waals surface area contributed by atoms with Crippen LogP contribution in [0.2, 0.25) is 0 Å². The van der Waals surface area contributed by atoms with Crippen molar-refractivity contribution in [3.05, 3.63) is 58.7 Å². The van der Waals surface area contributed by atoms with Gasteiger partial charge in [-0.25, -0.2) is 0 Å². The summed E-state index contributed by atoms with van der Waals surface area (Å²) in [6, 6.07) is 11.5. The minimum Gasteiger partial charge on any atom is -0.508 e. The monoisotopic (exact) mass is 466 g/mol. The normalized spacial score (nSPS) is 12.7. The van der Waals surface area contributed by atoms with Crippen LogP contribution in [0.3, 0.4) is 0 Å². The van der Waals surface area contributed by atoms with E-state index in [0.29, 0.717) is 12.8 Å². The predicted molar refractivity (Wildman–Crippen MR) is 143 cm³/mol. The molecule has 2 rings (SSSR count). The number of phenolic OH excluding ortho intramolecular Hbond substituents is 2. The van der Waals surface area contributed by atoms with E-state index in [4.69, 9.17) is 0 Å². The fraction of sp³-hybridized carbons (Fsp3) is 0.581. The molecule has 0 heterocycles. The summed E-state index contributed by atoms with van der Waals surface area (Å²) >= 11 is 0. The number of hydrogen-bond acceptors (Lipinski definition) is 3. The third-order valence-electron chi connectivity index (χ3n) is 6.99. The van der Waals surface area contributed by atoms with Crippen LogP contribution in [0.4, 0.5) is 0 Å². The maximum Gasteiger partial charge on any atom is 0.134 e. The number of hydrogen-bond donors (Lipinski definition) is 2. The molecule has 2 aromatic carbocycles. The average Bonchev–Trinajstić information content (AvgIpc) is 2.72. The summed E-state index contributed by atoms with van der Waals surface area (Å²) in [6.45, 7) is 16.8. The SMILES string of the molecule is CCCCCCCC(=O)CC(C)(c1ccc(O)c(C(C)(C)C)c1)c1ccc(O)c(C(C)(C)C)c1. The van der Waals surface area contributed by atoms with Crippen molar-refractivity contribution in [2.75, 3.05) is 0 Å². The van der Waals surface area contributed by atoms with Gasteiger partial charge in [-0.1, -0.05) is 105 Å². The maximum absolute atomic E-state index is 13.2. The standard InChI is InChI=1S/C31H46O3/c1-9-10-11-12-13-14-24(32)21-31(8,22-15-17-27(33)25(19-22)29(2,3)4)23-16-18-28(34)26(20-23)30(5,6)7/h15-20,33-34H,9-14,21H2,1-8H3. The molecule has 0 radical (unpaired) electrons. The van der Waals surface area contributed by atoms with Gasteiger partial charge in [-0.05, 0) is 51.6 Å². The number of unbranched alkanes of at least 4 members (excludes halogenated alkanes) is 4. The number of carbonyl (C=O) groups is 1. The second kappa shape index (κ2) is 11.0. The number of benzene rings is 2. The summed E-state index contributed by atoms with van der Waals surface area (Å²) in [5.74, 6) is 0.818. The molecule has 0 aliphatic heterocycles.